The van der Waals surface area contributed by atoms with Crippen molar-refractivity contribution >= 4 is 23.7 Å². The van der Waals surface area contributed by atoms with E-state index in [0.29, 0.717) is 30.4 Å². The molecule has 3 aliphatic heterocycles. The molecule has 0 unspecified atom stereocenters. The summed E-state index contributed by atoms with van der Waals surface area (Å²) in [5.74, 6) is -3.52. The first-order valence-electron chi connectivity index (χ1n) is 16.4. The quantitative estimate of drug-likeness (QED) is 0.223. The Balaban J connectivity index is 1.50. The fourth-order valence-electron chi connectivity index (χ4n) is 7.50. The molecular formula is C37H45N3O7. The van der Waals surface area contributed by atoms with Crippen LogP contribution in [0, 0.1) is 11.8 Å². The molecule has 5 rings (SSSR count). The monoisotopic (exact) mass is 643 g/mol. The Hall–Kier alpha value is -4.28. The number of amides is 3. The number of ether oxygens (including phenoxy) is 2. The summed E-state index contributed by atoms with van der Waals surface area (Å²) in [6.45, 7) is 11.2. The Labute approximate surface area is 276 Å². The molecule has 3 amide bonds. The highest BCUT2D eigenvalue weighted by atomic mass is 16.6. The van der Waals surface area contributed by atoms with Crippen molar-refractivity contribution in [1.82, 2.24) is 15.1 Å². The van der Waals surface area contributed by atoms with Crippen molar-refractivity contribution in [2.45, 2.75) is 75.5 Å². The smallest absolute Gasteiger partial charge is 0.313 e. The first-order chi connectivity index (χ1) is 22.7. The van der Waals surface area contributed by atoms with E-state index < -0.39 is 60.2 Å². The lowest BCUT2D eigenvalue weighted by Crippen LogP contribution is -2.58. The number of aliphatic hydroxyl groups excluding tert-OH is 1. The topological polar surface area (TPSA) is 125 Å². The molecule has 10 nitrogen and oxygen atoms in total. The second-order valence-electron chi connectivity index (χ2n) is 12.8. The summed E-state index contributed by atoms with van der Waals surface area (Å²) in [5.41, 5.74) is 0.0834. The number of nitrogens with zero attached hydrogens (tertiary/aromatic N) is 2. The number of benzene rings is 2. The van der Waals surface area contributed by atoms with E-state index in [4.69, 9.17) is 9.47 Å². The zero-order valence-corrected chi connectivity index (χ0v) is 27.1. The van der Waals surface area contributed by atoms with E-state index in [1.807, 2.05) is 74.5 Å². The molecule has 0 radical (unpaired) electrons. The van der Waals surface area contributed by atoms with Crippen LogP contribution >= 0.6 is 0 Å². The van der Waals surface area contributed by atoms with Crippen LogP contribution in [0.3, 0.4) is 0 Å². The Morgan fingerprint density at radius 1 is 1.09 bits per heavy atom. The molecule has 0 aromatic heterocycles. The minimum atomic E-state index is -1.28. The van der Waals surface area contributed by atoms with Gasteiger partial charge in [-0.05, 0) is 44.2 Å². The van der Waals surface area contributed by atoms with Crippen molar-refractivity contribution in [2.24, 2.45) is 11.8 Å². The SMILES string of the molecule is C=CCCC(=O)NC[C@@H](OC(=O)[C@@H]1[C@H]2C(=O)N([C@H](CO)c3ccccc3)[C@H](C(=O)N(CC=C)C(C)C)[C@]23CC[C@H]1O3)c1ccccc1. The number of hydrogen-bond acceptors (Lipinski definition) is 7. The summed E-state index contributed by atoms with van der Waals surface area (Å²) in [6, 6.07) is 16.1. The lowest BCUT2D eigenvalue weighted by molar-refractivity contribution is -0.161. The molecule has 47 heavy (non-hydrogen) atoms. The first kappa shape index (κ1) is 34.1. The Morgan fingerprint density at radius 3 is 2.34 bits per heavy atom. The number of rotatable bonds is 15. The summed E-state index contributed by atoms with van der Waals surface area (Å²) < 4.78 is 12.7. The molecule has 250 valence electrons. The van der Waals surface area contributed by atoms with Crippen LogP contribution in [0.1, 0.15) is 62.8 Å². The van der Waals surface area contributed by atoms with E-state index in [1.54, 1.807) is 17.1 Å². The molecule has 7 atom stereocenters. The van der Waals surface area contributed by atoms with Gasteiger partial charge in [0.2, 0.25) is 17.7 Å². The molecular weight excluding hydrogens is 598 g/mol. The van der Waals surface area contributed by atoms with Crippen molar-refractivity contribution in [3.05, 3.63) is 97.1 Å². The van der Waals surface area contributed by atoms with Crippen molar-refractivity contribution in [1.29, 1.82) is 0 Å². The van der Waals surface area contributed by atoms with Gasteiger partial charge in [-0.3, -0.25) is 19.2 Å². The molecule has 3 aliphatic rings. The van der Waals surface area contributed by atoms with Gasteiger partial charge in [-0.1, -0.05) is 72.8 Å². The molecule has 0 aliphatic carbocycles. The maximum Gasteiger partial charge on any atom is 0.313 e. The maximum atomic E-state index is 14.7. The molecule has 0 saturated carbocycles. The van der Waals surface area contributed by atoms with Gasteiger partial charge in [-0.2, -0.15) is 0 Å². The van der Waals surface area contributed by atoms with Crippen molar-refractivity contribution in [2.75, 3.05) is 19.7 Å². The van der Waals surface area contributed by atoms with Crippen LogP contribution in [0.2, 0.25) is 0 Å². The van der Waals surface area contributed by atoms with Crippen LogP contribution in [0.15, 0.2) is 86.0 Å². The van der Waals surface area contributed by atoms with Crippen molar-refractivity contribution in [3.8, 4) is 0 Å². The second kappa shape index (κ2) is 14.6. The fraction of sp³-hybridized carbons (Fsp3) is 0.459. The average Bonchev–Trinajstić information content (AvgIpc) is 3.73. The number of fused-ring (bicyclic) bond motifs is 1. The first-order valence-corrected chi connectivity index (χ1v) is 16.4. The van der Waals surface area contributed by atoms with Crippen LogP contribution in [0.5, 0.6) is 0 Å². The lowest BCUT2D eigenvalue weighted by atomic mass is 9.70. The summed E-state index contributed by atoms with van der Waals surface area (Å²) in [7, 11) is 0. The Bertz CT molecular complexity index is 1460. The number of aliphatic hydroxyl groups is 1. The highest BCUT2D eigenvalue weighted by Gasteiger charge is 2.76. The van der Waals surface area contributed by atoms with Crippen LogP contribution in [-0.4, -0.2) is 82.1 Å². The summed E-state index contributed by atoms with van der Waals surface area (Å²) in [5, 5.41) is 13.6. The molecule has 2 N–H and O–H groups in total. The molecule has 3 saturated heterocycles. The minimum Gasteiger partial charge on any atom is -0.455 e. The second-order valence-corrected chi connectivity index (χ2v) is 12.8. The average molecular weight is 644 g/mol. The molecule has 1 spiro atoms. The molecule has 10 heteroatoms. The van der Waals surface area contributed by atoms with Gasteiger partial charge in [-0.15, -0.1) is 13.2 Å². The molecule has 2 aromatic rings. The van der Waals surface area contributed by atoms with Crippen molar-refractivity contribution in [3.63, 3.8) is 0 Å². The van der Waals surface area contributed by atoms with E-state index in [2.05, 4.69) is 18.5 Å². The van der Waals surface area contributed by atoms with Crippen LogP contribution in [0.4, 0.5) is 0 Å². The number of allylic oxidation sites excluding steroid dienone is 1. The number of hydrogen-bond donors (Lipinski definition) is 2. The molecule has 3 heterocycles. The van der Waals surface area contributed by atoms with Gasteiger partial charge in [-0.25, -0.2) is 0 Å². The number of carbonyl (C=O) groups is 4. The number of carbonyl (C=O) groups excluding carboxylic acids is 4. The van der Waals surface area contributed by atoms with Gasteiger partial charge in [0.15, 0.2) is 0 Å². The van der Waals surface area contributed by atoms with E-state index >= 15 is 0 Å². The predicted octanol–water partition coefficient (Wildman–Crippen LogP) is 3.88. The van der Waals surface area contributed by atoms with Crippen LogP contribution < -0.4 is 5.32 Å². The van der Waals surface area contributed by atoms with Gasteiger partial charge in [0.05, 0.1) is 37.1 Å². The van der Waals surface area contributed by atoms with Gasteiger partial charge >= 0.3 is 5.97 Å². The Morgan fingerprint density at radius 2 is 1.74 bits per heavy atom. The van der Waals surface area contributed by atoms with E-state index in [0.717, 1.165) is 0 Å². The van der Waals surface area contributed by atoms with Gasteiger partial charge in [0.1, 0.15) is 17.7 Å². The largest absolute Gasteiger partial charge is 0.455 e. The highest BCUT2D eigenvalue weighted by molar-refractivity contribution is 5.98. The lowest BCUT2D eigenvalue weighted by Gasteiger charge is -2.40. The van der Waals surface area contributed by atoms with Crippen molar-refractivity contribution < 1.29 is 33.8 Å². The molecule has 3 fully saturated rings. The predicted molar refractivity (Wildman–Crippen MR) is 175 cm³/mol. The minimum absolute atomic E-state index is 0.0481. The number of nitrogens with one attached hydrogen (secondary N) is 1. The maximum absolute atomic E-state index is 14.7. The summed E-state index contributed by atoms with van der Waals surface area (Å²) >= 11 is 0. The zero-order chi connectivity index (χ0) is 33.7. The van der Waals surface area contributed by atoms with E-state index in [-0.39, 0.29) is 37.4 Å². The third-order valence-electron chi connectivity index (χ3n) is 9.66. The Kier molecular flexibility index (Phi) is 10.6. The fourth-order valence-corrected chi connectivity index (χ4v) is 7.50. The highest BCUT2D eigenvalue weighted by Crippen LogP contribution is 2.60. The zero-order valence-electron chi connectivity index (χ0n) is 27.1. The third kappa shape index (κ3) is 6.49. The standard InChI is InChI=1S/C37H45N3O7/c1-5-7-18-30(42)38-22-29(26-16-12-9-13-17-26)46-36(45)31-28-19-20-37(47-28)32(31)34(43)40(27(23-41)25-14-10-8-11-15-25)33(37)35(44)39(21-6-2)24(3)4/h5-6,8-17,24,27-29,31-33,41H,1-2,7,18-23H2,3-4H3,(H,38,42)/t27-,28-,29-,31+,32+,33-,37+/m1/s1. The summed E-state index contributed by atoms with van der Waals surface area (Å²) in [6.07, 6.45) is 3.52. The van der Waals surface area contributed by atoms with E-state index in [9.17, 15) is 24.3 Å². The summed E-state index contributed by atoms with van der Waals surface area (Å²) in [4.78, 5) is 58.9. The van der Waals surface area contributed by atoms with Gasteiger partial charge in [0, 0.05) is 19.0 Å². The van der Waals surface area contributed by atoms with Crippen LogP contribution in [0.25, 0.3) is 0 Å². The van der Waals surface area contributed by atoms with Gasteiger partial charge < -0.3 is 29.7 Å². The normalized spacial score (nSPS) is 25.6. The van der Waals surface area contributed by atoms with E-state index in [1.165, 1.54) is 4.90 Å². The molecule has 2 aromatic carbocycles. The van der Waals surface area contributed by atoms with Gasteiger partial charge in [0.25, 0.3) is 0 Å². The number of esters is 1. The number of likely N-dealkylation sites (tertiary alicyclic amines) is 1. The van der Waals surface area contributed by atoms with Crippen LogP contribution in [-0.2, 0) is 28.7 Å². The third-order valence-corrected chi connectivity index (χ3v) is 9.66. The molecule has 2 bridgehead atoms.